The maximum Gasteiger partial charge on any atom is 0.410 e. The summed E-state index contributed by atoms with van der Waals surface area (Å²) in [6.07, 6.45) is 6.35. The van der Waals surface area contributed by atoms with E-state index in [2.05, 4.69) is 34.2 Å². The van der Waals surface area contributed by atoms with Crippen LogP contribution in [-0.4, -0.2) is 43.7 Å². The molecule has 0 radical (unpaired) electrons. The van der Waals surface area contributed by atoms with Crippen LogP contribution in [0.3, 0.4) is 0 Å². The maximum absolute atomic E-state index is 12.7. The first-order valence-corrected chi connectivity index (χ1v) is 11.3. The number of hydrogen-bond acceptors (Lipinski definition) is 4. The van der Waals surface area contributed by atoms with Crippen LogP contribution < -0.4 is 0 Å². The molecule has 2 aromatic carbocycles. The number of nitriles is 1. The van der Waals surface area contributed by atoms with Crippen molar-refractivity contribution in [1.29, 1.82) is 5.26 Å². The van der Waals surface area contributed by atoms with Crippen LogP contribution in [0.25, 0.3) is 27.6 Å². The summed E-state index contributed by atoms with van der Waals surface area (Å²) in [6, 6.07) is 14.1. The van der Waals surface area contributed by atoms with Crippen LogP contribution in [-0.2, 0) is 11.2 Å². The second-order valence-electron chi connectivity index (χ2n) is 9.65. The quantitative estimate of drug-likeness (QED) is 0.466. The number of aromatic amines is 1. The number of ether oxygens (including phenoxy) is 1. The predicted molar refractivity (Wildman–Crippen MR) is 127 cm³/mol. The number of nitrogens with zero attached hydrogens (tertiary/aromatic N) is 4. The first-order chi connectivity index (χ1) is 15.8. The number of carbonyl (C=O) groups is 1. The number of amides is 1. The van der Waals surface area contributed by atoms with Gasteiger partial charge in [-0.25, -0.2) is 9.78 Å². The van der Waals surface area contributed by atoms with Gasteiger partial charge in [0.05, 0.1) is 22.7 Å². The van der Waals surface area contributed by atoms with Crippen LogP contribution in [0.4, 0.5) is 4.79 Å². The highest BCUT2D eigenvalue weighted by molar-refractivity contribution is 5.87. The van der Waals surface area contributed by atoms with Crippen LogP contribution in [0.15, 0.2) is 48.9 Å². The van der Waals surface area contributed by atoms with Crippen molar-refractivity contribution in [2.45, 2.75) is 51.7 Å². The molecule has 1 fully saturated rings. The lowest BCUT2D eigenvalue weighted by molar-refractivity contribution is 0.0227. The number of imidazole rings is 1. The Morgan fingerprint density at radius 3 is 2.91 bits per heavy atom. The van der Waals surface area contributed by atoms with Gasteiger partial charge < -0.3 is 14.6 Å². The molecule has 1 unspecified atom stereocenters. The van der Waals surface area contributed by atoms with Crippen molar-refractivity contribution in [2.75, 3.05) is 6.54 Å². The monoisotopic (exact) mass is 441 g/mol. The number of nitrogens with one attached hydrogen (secondary N) is 1. The lowest BCUT2D eigenvalue weighted by atomic mass is 10.0. The molecular weight excluding hydrogens is 414 g/mol. The summed E-state index contributed by atoms with van der Waals surface area (Å²) >= 11 is 0. The zero-order valence-electron chi connectivity index (χ0n) is 19.1. The molecule has 33 heavy (non-hydrogen) atoms. The maximum atomic E-state index is 12.7. The Morgan fingerprint density at radius 1 is 1.27 bits per heavy atom. The molecule has 2 aromatic heterocycles. The summed E-state index contributed by atoms with van der Waals surface area (Å²) in [4.78, 5) is 22.4. The van der Waals surface area contributed by atoms with E-state index in [9.17, 15) is 4.79 Å². The standard InChI is InChI=1S/C26H27N5O2/c1-26(2,3)33-25(32)30-10-4-5-19(30)12-18-15-28-22-8-7-20(13-21(18)22)31-16-29-23-11-17(14-27)6-9-24(23)31/h6-9,11,13,15-16,19,28H,4-5,10,12H2,1-3H3. The van der Waals surface area contributed by atoms with Crippen molar-refractivity contribution in [3.63, 3.8) is 0 Å². The van der Waals surface area contributed by atoms with E-state index < -0.39 is 5.60 Å². The third kappa shape index (κ3) is 4.05. The number of benzene rings is 2. The number of aromatic nitrogens is 3. The molecular formula is C26H27N5O2. The van der Waals surface area contributed by atoms with Crippen molar-refractivity contribution >= 4 is 28.0 Å². The molecule has 1 aliphatic rings. The fourth-order valence-electron chi connectivity index (χ4n) is 4.64. The minimum absolute atomic E-state index is 0.126. The molecule has 0 bridgehead atoms. The Bertz CT molecular complexity index is 1390. The molecule has 1 aliphatic heterocycles. The number of rotatable bonds is 3. The van der Waals surface area contributed by atoms with Gasteiger partial charge in [0.2, 0.25) is 0 Å². The van der Waals surface area contributed by atoms with Crippen LogP contribution in [0, 0.1) is 11.3 Å². The number of H-pyrrole nitrogens is 1. The van der Waals surface area contributed by atoms with Gasteiger partial charge in [-0.2, -0.15) is 5.26 Å². The number of fused-ring (bicyclic) bond motifs is 2. The first-order valence-electron chi connectivity index (χ1n) is 11.3. The summed E-state index contributed by atoms with van der Waals surface area (Å²) in [5, 5.41) is 10.3. The van der Waals surface area contributed by atoms with Crippen molar-refractivity contribution in [3.05, 3.63) is 60.0 Å². The van der Waals surface area contributed by atoms with Crippen LogP contribution >= 0.6 is 0 Å². The van der Waals surface area contributed by atoms with Gasteiger partial charge >= 0.3 is 6.09 Å². The minimum Gasteiger partial charge on any atom is -0.444 e. The zero-order valence-corrected chi connectivity index (χ0v) is 19.1. The van der Waals surface area contributed by atoms with Crippen molar-refractivity contribution in [2.24, 2.45) is 0 Å². The normalized spacial score (nSPS) is 16.4. The molecule has 5 rings (SSSR count). The largest absolute Gasteiger partial charge is 0.444 e. The predicted octanol–water partition coefficient (Wildman–Crippen LogP) is 5.32. The molecule has 1 atom stereocenters. The van der Waals surface area contributed by atoms with Gasteiger partial charge in [0.15, 0.2) is 0 Å². The summed E-state index contributed by atoms with van der Waals surface area (Å²) in [5.74, 6) is 0. The fraction of sp³-hybridized carbons (Fsp3) is 0.346. The van der Waals surface area contributed by atoms with E-state index in [1.807, 2.05) is 48.6 Å². The average Bonchev–Trinajstić information content (AvgIpc) is 3.50. The molecule has 1 saturated heterocycles. The lowest BCUT2D eigenvalue weighted by Crippen LogP contribution is -2.40. The summed E-state index contributed by atoms with van der Waals surface area (Å²) in [5.41, 5.74) is 5.10. The van der Waals surface area contributed by atoms with E-state index >= 15 is 0 Å². The van der Waals surface area contributed by atoms with E-state index in [-0.39, 0.29) is 12.1 Å². The molecule has 1 N–H and O–H groups in total. The van der Waals surface area contributed by atoms with Crippen LogP contribution in [0.1, 0.15) is 44.7 Å². The van der Waals surface area contributed by atoms with Gasteiger partial charge in [0, 0.05) is 35.4 Å². The van der Waals surface area contributed by atoms with Crippen LogP contribution in [0.5, 0.6) is 0 Å². The Kier molecular flexibility index (Phi) is 5.09. The first kappa shape index (κ1) is 21.1. The molecule has 0 aliphatic carbocycles. The molecule has 4 aromatic rings. The van der Waals surface area contributed by atoms with Gasteiger partial charge in [-0.05, 0) is 82.0 Å². The van der Waals surface area contributed by atoms with Gasteiger partial charge in [0.1, 0.15) is 11.9 Å². The highest BCUT2D eigenvalue weighted by Crippen LogP contribution is 2.29. The molecule has 7 nitrogen and oxygen atoms in total. The molecule has 0 saturated carbocycles. The Morgan fingerprint density at radius 2 is 2.12 bits per heavy atom. The van der Waals surface area contributed by atoms with Gasteiger partial charge in [0.25, 0.3) is 0 Å². The smallest absolute Gasteiger partial charge is 0.410 e. The molecule has 3 heterocycles. The SMILES string of the molecule is CC(C)(C)OC(=O)N1CCCC1Cc1c[nH]c2ccc(-n3cnc4cc(C#N)ccc43)cc12. The highest BCUT2D eigenvalue weighted by atomic mass is 16.6. The molecule has 0 spiro atoms. The number of likely N-dealkylation sites (tertiary alicyclic amines) is 1. The van der Waals surface area contributed by atoms with Gasteiger partial charge in [-0.1, -0.05) is 0 Å². The van der Waals surface area contributed by atoms with Gasteiger partial charge in [-0.3, -0.25) is 4.57 Å². The van der Waals surface area contributed by atoms with E-state index in [0.717, 1.165) is 53.4 Å². The van der Waals surface area contributed by atoms with E-state index in [0.29, 0.717) is 5.56 Å². The van der Waals surface area contributed by atoms with E-state index in [1.54, 1.807) is 12.4 Å². The highest BCUT2D eigenvalue weighted by Gasteiger charge is 2.32. The average molecular weight is 442 g/mol. The minimum atomic E-state index is -0.499. The van der Waals surface area contributed by atoms with Crippen molar-refractivity contribution in [1.82, 2.24) is 19.4 Å². The van der Waals surface area contributed by atoms with E-state index in [1.165, 1.54) is 5.56 Å². The third-order valence-electron chi connectivity index (χ3n) is 6.17. The topological polar surface area (TPSA) is 86.9 Å². The van der Waals surface area contributed by atoms with E-state index in [4.69, 9.17) is 10.00 Å². The molecule has 168 valence electrons. The number of carbonyl (C=O) groups excluding carboxylic acids is 1. The molecule has 1 amide bonds. The lowest BCUT2D eigenvalue weighted by Gasteiger charge is -2.28. The summed E-state index contributed by atoms with van der Waals surface area (Å²) < 4.78 is 7.67. The Labute approximate surface area is 192 Å². The summed E-state index contributed by atoms with van der Waals surface area (Å²) in [7, 11) is 0. The van der Waals surface area contributed by atoms with Crippen molar-refractivity contribution in [3.8, 4) is 11.8 Å². The Balaban J connectivity index is 1.45. The summed E-state index contributed by atoms with van der Waals surface area (Å²) in [6.45, 7) is 6.44. The zero-order chi connectivity index (χ0) is 23.2. The van der Waals surface area contributed by atoms with Gasteiger partial charge in [-0.15, -0.1) is 0 Å². The fourth-order valence-corrected chi connectivity index (χ4v) is 4.64. The van der Waals surface area contributed by atoms with Crippen LogP contribution in [0.2, 0.25) is 0 Å². The third-order valence-corrected chi connectivity index (χ3v) is 6.17. The molecule has 7 heteroatoms. The number of hydrogen-bond donors (Lipinski definition) is 1. The van der Waals surface area contributed by atoms with Crippen molar-refractivity contribution < 1.29 is 9.53 Å². The second kappa shape index (κ2) is 7.96. The Hall–Kier alpha value is -3.79. The second-order valence-corrected chi connectivity index (χ2v) is 9.65.